The molecule has 5 nitrogen and oxygen atoms in total. The zero-order valence-electron chi connectivity index (χ0n) is 16.1. The lowest BCUT2D eigenvalue weighted by Gasteiger charge is -2.60. The zero-order chi connectivity index (χ0) is 18.7. The zero-order valence-corrected chi connectivity index (χ0v) is 16.1. The molecule has 0 unspecified atom stereocenters. The quantitative estimate of drug-likeness (QED) is 0.372. The van der Waals surface area contributed by atoms with Crippen LogP contribution in [-0.4, -0.2) is 33.0 Å². The molecule has 4 rings (SSSR count). The molecule has 0 saturated heterocycles. The van der Waals surface area contributed by atoms with E-state index in [-0.39, 0.29) is 28.8 Å². The first kappa shape index (κ1) is 18.0. The fourth-order valence-electron chi connectivity index (χ4n) is 7.53. The number of allylic oxidation sites excluding steroid dienone is 2. The maximum absolute atomic E-state index is 11.3. The van der Waals surface area contributed by atoms with Gasteiger partial charge in [0.25, 0.3) is 0 Å². The summed E-state index contributed by atoms with van der Waals surface area (Å²) >= 11 is 0. The van der Waals surface area contributed by atoms with Gasteiger partial charge in [0.15, 0.2) is 0 Å². The molecule has 26 heavy (non-hydrogen) atoms. The van der Waals surface area contributed by atoms with Gasteiger partial charge in [-0.15, -0.1) is 0 Å². The fourth-order valence-corrected chi connectivity index (χ4v) is 7.53. The summed E-state index contributed by atoms with van der Waals surface area (Å²) in [5.74, 6) is 1.67. The Labute approximate surface area is 155 Å². The smallest absolute Gasteiger partial charge is 0.0795 e. The van der Waals surface area contributed by atoms with Crippen molar-refractivity contribution >= 4 is 11.4 Å². The van der Waals surface area contributed by atoms with E-state index in [1.54, 1.807) is 0 Å². The summed E-state index contributed by atoms with van der Waals surface area (Å²) < 4.78 is 0. The Balaban J connectivity index is 1.70. The molecule has 0 aromatic carbocycles. The van der Waals surface area contributed by atoms with Crippen LogP contribution in [-0.2, 0) is 0 Å². The van der Waals surface area contributed by atoms with Gasteiger partial charge in [0.05, 0.1) is 17.5 Å². The average molecular weight is 360 g/mol. The van der Waals surface area contributed by atoms with E-state index in [0.717, 1.165) is 49.9 Å². The summed E-state index contributed by atoms with van der Waals surface area (Å²) in [6.45, 7) is 6.56. The molecule has 0 radical (unpaired) electrons. The van der Waals surface area contributed by atoms with Crippen LogP contribution in [0.25, 0.3) is 0 Å². The summed E-state index contributed by atoms with van der Waals surface area (Å²) in [7, 11) is 0. The minimum atomic E-state index is -0.324. The van der Waals surface area contributed by atoms with E-state index in [4.69, 9.17) is 0 Å². The number of aliphatic hydroxyl groups excluding tert-OH is 1. The van der Waals surface area contributed by atoms with Gasteiger partial charge in [0.2, 0.25) is 0 Å². The fraction of sp³-hybridized carbons (Fsp3) is 0.810. The van der Waals surface area contributed by atoms with E-state index in [9.17, 15) is 15.5 Å². The lowest BCUT2D eigenvalue weighted by molar-refractivity contribution is -0.121. The molecule has 3 N–H and O–H groups in total. The van der Waals surface area contributed by atoms with Crippen LogP contribution in [0.4, 0.5) is 0 Å². The highest BCUT2D eigenvalue weighted by atomic mass is 16.4. The number of hydrogen-bond acceptors (Lipinski definition) is 5. The molecule has 0 bridgehead atoms. The second-order valence-electron chi connectivity index (χ2n) is 9.66. The molecule has 0 amide bonds. The van der Waals surface area contributed by atoms with Crippen molar-refractivity contribution in [1.29, 1.82) is 0 Å². The third-order valence-electron chi connectivity index (χ3n) is 8.70. The largest absolute Gasteiger partial charge is 0.411 e. The van der Waals surface area contributed by atoms with Gasteiger partial charge in [-0.2, -0.15) is 0 Å². The molecular formula is C21H32N2O3. The van der Waals surface area contributed by atoms with E-state index in [1.165, 1.54) is 12.0 Å². The Bertz CT molecular complexity index is 685. The topological polar surface area (TPSA) is 85.4 Å². The van der Waals surface area contributed by atoms with Crippen molar-refractivity contribution in [1.82, 2.24) is 0 Å². The van der Waals surface area contributed by atoms with Gasteiger partial charge in [0, 0.05) is 5.92 Å². The number of oxime groups is 2. The molecule has 4 aliphatic rings. The molecule has 3 saturated carbocycles. The van der Waals surface area contributed by atoms with Gasteiger partial charge in [-0.3, -0.25) is 0 Å². The highest BCUT2D eigenvalue weighted by Crippen LogP contribution is 2.66. The number of rotatable bonds is 1. The van der Waals surface area contributed by atoms with Crippen LogP contribution in [0.2, 0.25) is 0 Å². The first-order valence-electron chi connectivity index (χ1n) is 10.1. The highest BCUT2D eigenvalue weighted by molar-refractivity contribution is 5.96. The second kappa shape index (κ2) is 6.08. The maximum Gasteiger partial charge on any atom is 0.0795 e. The molecule has 0 heterocycles. The van der Waals surface area contributed by atoms with Crippen molar-refractivity contribution in [2.75, 3.05) is 0 Å². The molecular weight excluding hydrogens is 328 g/mol. The maximum atomic E-state index is 11.3. The Hall–Kier alpha value is -1.36. The predicted molar refractivity (Wildman–Crippen MR) is 101 cm³/mol. The monoisotopic (exact) mass is 360 g/mol. The molecule has 0 spiro atoms. The molecule has 4 aliphatic carbocycles. The number of nitrogens with zero attached hydrogens (tertiary/aromatic N) is 2. The van der Waals surface area contributed by atoms with E-state index < -0.39 is 0 Å². The molecule has 5 heteroatoms. The standard InChI is InChI=1S/C21H32N2O3/c1-12(22-25)16-6-7-17-15-5-4-13-10-14(23-26)8-9-20(13,2)19(15)18(24)11-21(16,17)3/h10,15-19,24-26H,4-9,11H2,1-3H3/b22-12-,23-14+/t15-,16+,17-,18-,19+,20-,21+/m0/s1. The predicted octanol–water partition coefficient (Wildman–Crippen LogP) is 4.22. The van der Waals surface area contributed by atoms with Crippen LogP contribution in [0.1, 0.15) is 65.7 Å². The van der Waals surface area contributed by atoms with Crippen LogP contribution in [0, 0.1) is 34.5 Å². The summed E-state index contributed by atoms with van der Waals surface area (Å²) in [6, 6.07) is 0. The van der Waals surface area contributed by atoms with E-state index in [1.807, 2.05) is 6.92 Å². The van der Waals surface area contributed by atoms with Crippen LogP contribution < -0.4 is 0 Å². The molecule has 0 aromatic heterocycles. The molecule has 144 valence electrons. The van der Waals surface area contributed by atoms with Crippen molar-refractivity contribution in [3.8, 4) is 0 Å². The molecule has 3 fully saturated rings. The normalized spacial score (nSPS) is 50.0. The molecule has 7 atom stereocenters. The summed E-state index contributed by atoms with van der Waals surface area (Å²) in [5, 5.41) is 36.8. The molecule has 0 aliphatic heterocycles. The number of hydrogen-bond donors (Lipinski definition) is 3. The van der Waals surface area contributed by atoms with Crippen molar-refractivity contribution in [3.05, 3.63) is 11.6 Å². The van der Waals surface area contributed by atoms with Crippen molar-refractivity contribution in [3.63, 3.8) is 0 Å². The van der Waals surface area contributed by atoms with Crippen LogP contribution in [0.5, 0.6) is 0 Å². The molecule has 0 aromatic rings. The average Bonchev–Trinajstić information content (AvgIpc) is 2.96. The Morgan fingerprint density at radius 3 is 2.62 bits per heavy atom. The third-order valence-corrected chi connectivity index (χ3v) is 8.70. The van der Waals surface area contributed by atoms with Gasteiger partial charge in [0.1, 0.15) is 0 Å². The van der Waals surface area contributed by atoms with Crippen LogP contribution in [0.3, 0.4) is 0 Å². The third kappa shape index (κ3) is 2.32. The van der Waals surface area contributed by atoms with Gasteiger partial charge in [-0.25, -0.2) is 0 Å². The first-order chi connectivity index (χ1) is 12.3. The van der Waals surface area contributed by atoms with Crippen molar-refractivity contribution < 1.29 is 15.5 Å². The Morgan fingerprint density at radius 2 is 1.92 bits per heavy atom. The van der Waals surface area contributed by atoms with Gasteiger partial charge in [-0.05, 0) is 86.5 Å². The van der Waals surface area contributed by atoms with Crippen molar-refractivity contribution in [2.24, 2.45) is 44.8 Å². The van der Waals surface area contributed by atoms with Gasteiger partial charge in [-0.1, -0.05) is 29.7 Å². The summed E-state index contributed by atoms with van der Waals surface area (Å²) in [4.78, 5) is 0. The SMILES string of the molecule is C/C(=N/O)[C@H]1CC[C@H]2[C@@H]3CCC4=C/C(=N/O)CC[C@]4(C)[C@H]3[C@@H](O)C[C@]12C. The van der Waals surface area contributed by atoms with Crippen molar-refractivity contribution in [2.45, 2.75) is 71.8 Å². The summed E-state index contributed by atoms with van der Waals surface area (Å²) in [5.41, 5.74) is 3.01. The minimum Gasteiger partial charge on any atom is -0.411 e. The minimum absolute atomic E-state index is 0.00997. The Morgan fingerprint density at radius 1 is 1.15 bits per heavy atom. The van der Waals surface area contributed by atoms with E-state index >= 15 is 0 Å². The highest BCUT2D eigenvalue weighted by Gasteiger charge is 2.62. The lowest BCUT2D eigenvalue weighted by Crippen LogP contribution is -2.57. The van der Waals surface area contributed by atoms with Gasteiger partial charge >= 0.3 is 0 Å². The van der Waals surface area contributed by atoms with Gasteiger partial charge < -0.3 is 15.5 Å². The van der Waals surface area contributed by atoms with E-state index in [0.29, 0.717) is 11.8 Å². The van der Waals surface area contributed by atoms with E-state index in [2.05, 4.69) is 30.2 Å². The first-order valence-corrected chi connectivity index (χ1v) is 10.1. The Kier molecular flexibility index (Phi) is 4.22. The second-order valence-corrected chi connectivity index (χ2v) is 9.66. The lowest BCUT2D eigenvalue weighted by atomic mass is 9.46. The number of fused-ring (bicyclic) bond motifs is 5. The summed E-state index contributed by atoms with van der Waals surface area (Å²) in [6.07, 6.45) is 8.66. The number of aliphatic hydroxyl groups is 1. The van der Waals surface area contributed by atoms with Crippen LogP contribution in [0.15, 0.2) is 22.0 Å². The van der Waals surface area contributed by atoms with Crippen LogP contribution >= 0.6 is 0 Å².